The Bertz CT molecular complexity index is 629. The summed E-state index contributed by atoms with van der Waals surface area (Å²) in [5.74, 6) is 0. The summed E-state index contributed by atoms with van der Waals surface area (Å²) in [5, 5.41) is 14.2. The van der Waals surface area contributed by atoms with Crippen LogP contribution in [0.15, 0.2) is 48.5 Å². The highest BCUT2D eigenvalue weighted by molar-refractivity contribution is 5.61. The van der Waals surface area contributed by atoms with Crippen molar-refractivity contribution in [3.63, 3.8) is 0 Å². The van der Waals surface area contributed by atoms with Gasteiger partial charge in [0.15, 0.2) is 0 Å². The third-order valence-electron chi connectivity index (χ3n) is 3.29. The van der Waals surface area contributed by atoms with Gasteiger partial charge >= 0.3 is 0 Å². The maximum atomic E-state index is 11.0. The molecule has 0 aliphatic heterocycles. The van der Waals surface area contributed by atoms with Crippen molar-refractivity contribution in [3.05, 3.63) is 69.8 Å². The molecule has 0 aliphatic carbocycles. The highest BCUT2D eigenvalue weighted by Crippen LogP contribution is 2.24. The molecule has 2 aromatic carbocycles. The van der Waals surface area contributed by atoms with Crippen LogP contribution >= 0.6 is 0 Å². The van der Waals surface area contributed by atoms with Crippen molar-refractivity contribution in [2.75, 3.05) is 11.9 Å². The molecule has 0 bridgehead atoms. The number of anilines is 1. The number of nitrogens with one attached hydrogen (secondary N) is 1. The minimum absolute atomic E-state index is 0.0854. The van der Waals surface area contributed by atoms with Crippen molar-refractivity contribution in [2.24, 2.45) is 0 Å². The van der Waals surface area contributed by atoms with E-state index in [1.165, 1.54) is 6.07 Å². The molecule has 5 nitrogen and oxygen atoms in total. The molecular weight excluding hydrogens is 280 g/mol. The molecule has 0 amide bonds. The zero-order valence-electron chi connectivity index (χ0n) is 12.6. The molecule has 1 N–H and O–H groups in total. The van der Waals surface area contributed by atoms with Crippen LogP contribution in [0.5, 0.6) is 0 Å². The zero-order valence-corrected chi connectivity index (χ0v) is 12.6. The molecule has 116 valence electrons. The van der Waals surface area contributed by atoms with E-state index in [9.17, 15) is 10.1 Å². The summed E-state index contributed by atoms with van der Waals surface area (Å²) in [5.41, 5.74) is 2.79. The first-order valence-electron chi connectivity index (χ1n) is 7.34. The standard InChI is InChI=1S/C17H20N2O3/c1-2-11-22-13-15-8-4-3-7-14(15)12-18-16-9-5-6-10-17(16)19(20)21/h3-10,18H,2,11-13H2,1H3. The summed E-state index contributed by atoms with van der Waals surface area (Å²) in [4.78, 5) is 10.6. The lowest BCUT2D eigenvalue weighted by molar-refractivity contribution is -0.384. The molecule has 0 saturated carbocycles. The molecule has 0 saturated heterocycles. The Balaban J connectivity index is 2.07. The van der Waals surface area contributed by atoms with Gasteiger partial charge in [0.2, 0.25) is 0 Å². The molecule has 2 aromatic rings. The molecule has 0 atom stereocenters. The molecule has 0 aliphatic rings. The molecule has 0 heterocycles. The number of rotatable bonds is 8. The van der Waals surface area contributed by atoms with E-state index in [0.717, 1.165) is 24.2 Å². The van der Waals surface area contributed by atoms with Gasteiger partial charge in [-0.3, -0.25) is 10.1 Å². The molecule has 5 heteroatoms. The smallest absolute Gasteiger partial charge is 0.292 e. The fourth-order valence-electron chi connectivity index (χ4n) is 2.17. The second-order valence-electron chi connectivity index (χ2n) is 4.95. The molecule has 0 aromatic heterocycles. The highest BCUT2D eigenvalue weighted by Gasteiger charge is 2.12. The van der Waals surface area contributed by atoms with Crippen molar-refractivity contribution in [1.29, 1.82) is 0 Å². The fraction of sp³-hybridized carbons (Fsp3) is 0.294. The van der Waals surface area contributed by atoms with E-state index in [1.54, 1.807) is 18.2 Å². The van der Waals surface area contributed by atoms with Gasteiger partial charge in [0.1, 0.15) is 5.69 Å². The number of para-hydroxylation sites is 2. The minimum atomic E-state index is -0.376. The summed E-state index contributed by atoms with van der Waals surface area (Å²) in [6.45, 7) is 3.88. The number of hydrogen-bond acceptors (Lipinski definition) is 4. The van der Waals surface area contributed by atoms with Gasteiger partial charge in [-0.15, -0.1) is 0 Å². The van der Waals surface area contributed by atoms with Crippen LogP contribution in [-0.2, 0) is 17.9 Å². The van der Waals surface area contributed by atoms with Gasteiger partial charge in [0.25, 0.3) is 5.69 Å². The van der Waals surface area contributed by atoms with Crippen LogP contribution in [0.25, 0.3) is 0 Å². The lowest BCUT2D eigenvalue weighted by Gasteiger charge is -2.12. The van der Waals surface area contributed by atoms with E-state index in [1.807, 2.05) is 24.3 Å². The predicted octanol–water partition coefficient (Wildman–Crippen LogP) is 4.13. The van der Waals surface area contributed by atoms with Crippen molar-refractivity contribution in [3.8, 4) is 0 Å². The number of nitro benzene ring substituents is 1. The second-order valence-corrected chi connectivity index (χ2v) is 4.95. The van der Waals surface area contributed by atoms with E-state index < -0.39 is 0 Å². The van der Waals surface area contributed by atoms with Crippen LogP contribution in [0, 0.1) is 10.1 Å². The van der Waals surface area contributed by atoms with E-state index in [2.05, 4.69) is 12.2 Å². The molecule has 0 unspecified atom stereocenters. The van der Waals surface area contributed by atoms with E-state index in [-0.39, 0.29) is 10.6 Å². The number of hydrogen-bond donors (Lipinski definition) is 1. The first-order chi connectivity index (χ1) is 10.7. The predicted molar refractivity (Wildman–Crippen MR) is 86.8 cm³/mol. The third-order valence-corrected chi connectivity index (χ3v) is 3.29. The summed E-state index contributed by atoms with van der Waals surface area (Å²) in [6.07, 6.45) is 0.983. The van der Waals surface area contributed by atoms with Gasteiger partial charge in [0, 0.05) is 19.2 Å². The van der Waals surface area contributed by atoms with Crippen molar-refractivity contribution < 1.29 is 9.66 Å². The lowest BCUT2D eigenvalue weighted by atomic mass is 10.1. The van der Waals surface area contributed by atoms with Gasteiger partial charge in [0.05, 0.1) is 11.5 Å². The van der Waals surface area contributed by atoms with Crippen molar-refractivity contribution in [1.82, 2.24) is 0 Å². The molecule has 22 heavy (non-hydrogen) atoms. The van der Waals surface area contributed by atoms with Crippen LogP contribution in [0.3, 0.4) is 0 Å². The van der Waals surface area contributed by atoms with Crippen LogP contribution < -0.4 is 5.32 Å². The monoisotopic (exact) mass is 300 g/mol. The van der Waals surface area contributed by atoms with Gasteiger partial charge in [-0.2, -0.15) is 0 Å². The Labute approximate surface area is 130 Å². The minimum Gasteiger partial charge on any atom is -0.377 e. The van der Waals surface area contributed by atoms with E-state index >= 15 is 0 Å². The average Bonchev–Trinajstić information content (AvgIpc) is 2.54. The van der Waals surface area contributed by atoms with E-state index in [4.69, 9.17) is 4.74 Å². The fourth-order valence-corrected chi connectivity index (χ4v) is 2.17. The van der Waals surface area contributed by atoms with Crippen LogP contribution in [0.1, 0.15) is 24.5 Å². The Morgan fingerprint density at radius 1 is 1.09 bits per heavy atom. The Kier molecular flexibility index (Phi) is 5.91. The largest absolute Gasteiger partial charge is 0.377 e. The summed E-state index contributed by atoms with van der Waals surface area (Å²) >= 11 is 0. The first kappa shape index (κ1) is 16.0. The van der Waals surface area contributed by atoms with Gasteiger partial charge in [-0.25, -0.2) is 0 Å². The average molecular weight is 300 g/mol. The summed E-state index contributed by atoms with van der Waals surface area (Å²) < 4.78 is 5.59. The molecule has 0 fully saturated rings. The molecular formula is C17H20N2O3. The van der Waals surface area contributed by atoms with Crippen LogP contribution in [0.4, 0.5) is 11.4 Å². The van der Waals surface area contributed by atoms with Crippen molar-refractivity contribution in [2.45, 2.75) is 26.5 Å². The molecule has 2 rings (SSSR count). The van der Waals surface area contributed by atoms with Crippen LogP contribution in [-0.4, -0.2) is 11.5 Å². The topological polar surface area (TPSA) is 64.4 Å². The number of ether oxygens (including phenoxy) is 1. The Morgan fingerprint density at radius 3 is 2.50 bits per heavy atom. The highest BCUT2D eigenvalue weighted by atomic mass is 16.6. The van der Waals surface area contributed by atoms with Crippen LogP contribution in [0.2, 0.25) is 0 Å². The zero-order chi connectivity index (χ0) is 15.8. The summed E-state index contributed by atoms with van der Waals surface area (Å²) in [6, 6.07) is 14.6. The summed E-state index contributed by atoms with van der Waals surface area (Å²) in [7, 11) is 0. The maximum absolute atomic E-state index is 11.0. The SMILES string of the molecule is CCCOCc1ccccc1CNc1ccccc1[N+](=O)[O-]. The molecule has 0 spiro atoms. The number of nitro groups is 1. The second kappa shape index (κ2) is 8.14. The number of nitrogens with zero attached hydrogens (tertiary/aromatic N) is 1. The Morgan fingerprint density at radius 2 is 1.77 bits per heavy atom. The maximum Gasteiger partial charge on any atom is 0.292 e. The number of benzene rings is 2. The lowest BCUT2D eigenvalue weighted by Crippen LogP contribution is -2.06. The van der Waals surface area contributed by atoms with Gasteiger partial charge in [-0.05, 0) is 23.6 Å². The molecule has 0 radical (unpaired) electrons. The van der Waals surface area contributed by atoms with Gasteiger partial charge < -0.3 is 10.1 Å². The van der Waals surface area contributed by atoms with E-state index in [0.29, 0.717) is 18.8 Å². The third kappa shape index (κ3) is 4.30. The van der Waals surface area contributed by atoms with Gasteiger partial charge in [-0.1, -0.05) is 43.3 Å². The quantitative estimate of drug-likeness (QED) is 0.452. The normalized spacial score (nSPS) is 10.4. The Hall–Kier alpha value is -2.40. The first-order valence-corrected chi connectivity index (χ1v) is 7.34. The van der Waals surface area contributed by atoms with Crippen molar-refractivity contribution >= 4 is 11.4 Å².